The molecule has 4 nitrogen and oxygen atoms in total. The lowest BCUT2D eigenvalue weighted by molar-refractivity contribution is 0.0988. The molecule has 0 spiro atoms. The van der Waals surface area contributed by atoms with Gasteiger partial charge < -0.3 is 0 Å². The van der Waals surface area contributed by atoms with Crippen LogP contribution < -0.4 is 0 Å². The van der Waals surface area contributed by atoms with Crippen LogP contribution in [-0.2, 0) is 13.5 Å². The van der Waals surface area contributed by atoms with Gasteiger partial charge in [0.25, 0.3) is 0 Å². The summed E-state index contributed by atoms with van der Waals surface area (Å²) in [5.74, 6) is 0.0106. The topological polar surface area (TPSA) is 47.8 Å². The molecule has 0 saturated heterocycles. The standard InChI is InChI=1S/C9H9N3OS/c1-12-5-8(10-11-12)9(13)4-7-2-3-14-6-7/h2-3,5-6H,4H2,1H3. The number of carbonyl (C=O) groups is 1. The summed E-state index contributed by atoms with van der Waals surface area (Å²) in [5, 5.41) is 11.4. The maximum absolute atomic E-state index is 11.6. The van der Waals surface area contributed by atoms with Gasteiger partial charge in [-0.15, -0.1) is 5.10 Å². The van der Waals surface area contributed by atoms with Gasteiger partial charge in [-0.25, -0.2) is 0 Å². The van der Waals surface area contributed by atoms with Crippen LogP contribution in [0.4, 0.5) is 0 Å². The molecule has 0 aliphatic carbocycles. The maximum Gasteiger partial charge on any atom is 0.189 e. The Morgan fingerprint density at radius 3 is 3.07 bits per heavy atom. The van der Waals surface area contributed by atoms with Crippen LogP contribution in [0.1, 0.15) is 16.1 Å². The molecule has 0 saturated carbocycles. The monoisotopic (exact) mass is 207 g/mol. The second kappa shape index (κ2) is 3.71. The van der Waals surface area contributed by atoms with Crippen molar-refractivity contribution in [2.45, 2.75) is 6.42 Å². The molecule has 2 aromatic heterocycles. The van der Waals surface area contributed by atoms with Crippen LogP contribution >= 0.6 is 11.3 Å². The highest BCUT2D eigenvalue weighted by atomic mass is 32.1. The summed E-state index contributed by atoms with van der Waals surface area (Å²) in [6, 6.07) is 1.94. The molecule has 5 heteroatoms. The average molecular weight is 207 g/mol. The number of aromatic nitrogens is 3. The van der Waals surface area contributed by atoms with E-state index in [1.54, 1.807) is 24.6 Å². The van der Waals surface area contributed by atoms with Crippen molar-refractivity contribution in [1.29, 1.82) is 0 Å². The van der Waals surface area contributed by atoms with Crippen molar-refractivity contribution < 1.29 is 4.79 Å². The van der Waals surface area contributed by atoms with Crippen molar-refractivity contribution in [3.8, 4) is 0 Å². The molecule has 0 aromatic carbocycles. The lowest BCUT2D eigenvalue weighted by Gasteiger charge is -1.92. The number of nitrogens with zero attached hydrogens (tertiary/aromatic N) is 3. The molecular weight excluding hydrogens is 198 g/mol. The maximum atomic E-state index is 11.6. The molecule has 0 amide bonds. The first-order valence-electron chi connectivity index (χ1n) is 4.16. The quantitative estimate of drug-likeness (QED) is 0.713. The Morgan fingerprint density at radius 1 is 1.64 bits per heavy atom. The van der Waals surface area contributed by atoms with E-state index in [0.29, 0.717) is 12.1 Å². The third-order valence-electron chi connectivity index (χ3n) is 1.83. The second-order valence-electron chi connectivity index (χ2n) is 3.01. The van der Waals surface area contributed by atoms with E-state index in [1.807, 2.05) is 16.8 Å². The Labute approximate surface area is 85.2 Å². The molecule has 0 aliphatic heterocycles. The van der Waals surface area contributed by atoms with Gasteiger partial charge in [0.15, 0.2) is 5.78 Å². The Hall–Kier alpha value is -1.49. The summed E-state index contributed by atoms with van der Waals surface area (Å²) >= 11 is 1.59. The number of Topliss-reactive ketones (excluding diaryl/α,β-unsaturated/α-hetero) is 1. The third-order valence-corrected chi connectivity index (χ3v) is 2.57. The van der Waals surface area contributed by atoms with Gasteiger partial charge in [-0.05, 0) is 22.4 Å². The van der Waals surface area contributed by atoms with Crippen molar-refractivity contribution in [3.63, 3.8) is 0 Å². The minimum Gasteiger partial charge on any atom is -0.292 e. The largest absolute Gasteiger partial charge is 0.292 e. The van der Waals surface area contributed by atoms with Gasteiger partial charge in [-0.3, -0.25) is 9.48 Å². The molecule has 0 fully saturated rings. The number of rotatable bonds is 3. The van der Waals surface area contributed by atoms with Crippen LogP contribution in [0, 0.1) is 0 Å². The van der Waals surface area contributed by atoms with E-state index in [9.17, 15) is 4.79 Å². The van der Waals surface area contributed by atoms with Crippen LogP contribution in [0.3, 0.4) is 0 Å². The molecule has 0 N–H and O–H groups in total. The predicted molar refractivity (Wildman–Crippen MR) is 53.4 cm³/mol. The lowest BCUT2D eigenvalue weighted by Crippen LogP contribution is -2.03. The van der Waals surface area contributed by atoms with E-state index in [4.69, 9.17) is 0 Å². The van der Waals surface area contributed by atoms with E-state index in [0.717, 1.165) is 5.56 Å². The number of hydrogen-bond acceptors (Lipinski definition) is 4. The summed E-state index contributed by atoms with van der Waals surface area (Å²) < 4.78 is 1.53. The fraction of sp³-hybridized carbons (Fsp3) is 0.222. The summed E-state index contributed by atoms with van der Waals surface area (Å²) in [5.41, 5.74) is 1.46. The highest BCUT2D eigenvalue weighted by Gasteiger charge is 2.10. The highest BCUT2D eigenvalue weighted by molar-refractivity contribution is 7.08. The first-order valence-corrected chi connectivity index (χ1v) is 5.10. The third kappa shape index (κ3) is 1.88. The molecule has 2 heterocycles. The van der Waals surface area contributed by atoms with Crippen LogP contribution in [0.15, 0.2) is 23.0 Å². The average Bonchev–Trinajstić information content (AvgIpc) is 2.75. The number of thiophene rings is 1. The number of hydrogen-bond donors (Lipinski definition) is 0. The highest BCUT2D eigenvalue weighted by Crippen LogP contribution is 2.09. The molecular formula is C9H9N3OS. The zero-order valence-electron chi connectivity index (χ0n) is 7.67. The van der Waals surface area contributed by atoms with Crippen molar-refractivity contribution >= 4 is 17.1 Å². The van der Waals surface area contributed by atoms with Gasteiger partial charge in [0, 0.05) is 13.5 Å². The summed E-state index contributed by atoms with van der Waals surface area (Å²) in [7, 11) is 1.74. The second-order valence-corrected chi connectivity index (χ2v) is 3.79. The van der Waals surface area contributed by atoms with E-state index in [-0.39, 0.29) is 5.78 Å². The Bertz CT molecular complexity index is 433. The van der Waals surface area contributed by atoms with Crippen molar-refractivity contribution in [2.24, 2.45) is 7.05 Å². The molecule has 72 valence electrons. The molecule has 0 radical (unpaired) electrons. The molecule has 0 unspecified atom stereocenters. The van der Waals surface area contributed by atoms with Gasteiger partial charge >= 0.3 is 0 Å². The van der Waals surface area contributed by atoms with Gasteiger partial charge in [-0.2, -0.15) is 11.3 Å². The van der Waals surface area contributed by atoms with Crippen LogP contribution in [0.2, 0.25) is 0 Å². The van der Waals surface area contributed by atoms with Crippen LogP contribution in [0.25, 0.3) is 0 Å². The first-order chi connectivity index (χ1) is 6.75. The minimum atomic E-state index is 0.0106. The van der Waals surface area contributed by atoms with E-state index in [2.05, 4.69) is 10.3 Å². The SMILES string of the molecule is Cn1cc(C(=O)Cc2ccsc2)nn1. The van der Waals surface area contributed by atoms with Gasteiger partial charge in [0.2, 0.25) is 0 Å². The molecule has 0 atom stereocenters. The van der Waals surface area contributed by atoms with Crippen LogP contribution in [0.5, 0.6) is 0 Å². The van der Waals surface area contributed by atoms with Crippen molar-refractivity contribution in [1.82, 2.24) is 15.0 Å². The molecule has 0 bridgehead atoms. The van der Waals surface area contributed by atoms with Crippen molar-refractivity contribution in [3.05, 3.63) is 34.3 Å². The summed E-state index contributed by atoms with van der Waals surface area (Å²) in [6.07, 6.45) is 2.04. The summed E-state index contributed by atoms with van der Waals surface area (Å²) in [4.78, 5) is 11.6. The number of aryl methyl sites for hydroxylation is 1. The number of carbonyl (C=O) groups excluding carboxylic acids is 1. The van der Waals surface area contributed by atoms with E-state index < -0.39 is 0 Å². The zero-order valence-corrected chi connectivity index (χ0v) is 8.49. The zero-order chi connectivity index (χ0) is 9.97. The number of ketones is 1. The Kier molecular flexibility index (Phi) is 2.41. The normalized spacial score (nSPS) is 10.4. The first kappa shape index (κ1) is 9.08. The van der Waals surface area contributed by atoms with Crippen molar-refractivity contribution in [2.75, 3.05) is 0 Å². The lowest BCUT2D eigenvalue weighted by atomic mass is 10.1. The summed E-state index contributed by atoms with van der Waals surface area (Å²) in [6.45, 7) is 0. The minimum absolute atomic E-state index is 0.0106. The Morgan fingerprint density at radius 2 is 2.50 bits per heavy atom. The predicted octanol–water partition coefficient (Wildman–Crippen LogP) is 1.30. The van der Waals surface area contributed by atoms with Crippen LogP contribution in [-0.4, -0.2) is 20.8 Å². The fourth-order valence-electron chi connectivity index (χ4n) is 1.14. The fourth-order valence-corrected chi connectivity index (χ4v) is 1.81. The Balaban J connectivity index is 2.10. The molecule has 2 rings (SSSR count). The van der Waals surface area contributed by atoms with Gasteiger partial charge in [0.05, 0.1) is 6.20 Å². The van der Waals surface area contributed by atoms with E-state index in [1.165, 1.54) is 4.68 Å². The van der Waals surface area contributed by atoms with Gasteiger partial charge in [0.1, 0.15) is 5.69 Å². The molecule has 0 aliphatic rings. The van der Waals surface area contributed by atoms with Gasteiger partial charge in [-0.1, -0.05) is 5.21 Å². The smallest absolute Gasteiger partial charge is 0.189 e. The molecule has 14 heavy (non-hydrogen) atoms. The molecule has 2 aromatic rings. The van der Waals surface area contributed by atoms with E-state index >= 15 is 0 Å².